The number of thioether (sulfide) groups is 1. The maximum Gasteiger partial charge on any atom is 0.387 e. The van der Waals surface area contributed by atoms with Crippen LogP contribution < -0.4 is 4.74 Å². The highest BCUT2D eigenvalue weighted by Crippen LogP contribution is 2.37. The molecule has 0 heterocycles. The Bertz CT molecular complexity index is 310. The van der Waals surface area contributed by atoms with Crippen molar-refractivity contribution in [2.24, 2.45) is 0 Å². The van der Waals surface area contributed by atoms with Crippen LogP contribution in [0.15, 0.2) is 17.0 Å². The molecule has 0 aromatic heterocycles. The summed E-state index contributed by atoms with van der Waals surface area (Å²) >= 11 is 12.8. The molecule has 0 atom stereocenters. The van der Waals surface area contributed by atoms with E-state index in [4.69, 9.17) is 23.2 Å². The van der Waals surface area contributed by atoms with Crippen molar-refractivity contribution in [2.45, 2.75) is 11.5 Å². The van der Waals surface area contributed by atoms with Gasteiger partial charge in [-0.1, -0.05) is 23.2 Å². The molecule has 78 valence electrons. The molecule has 6 heteroatoms. The Labute approximate surface area is 94.3 Å². The molecule has 0 radical (unpaired) electrons. The van der Waals surface area contributed by atoms with Gasteiger partial charge in [0.05, 0.1) is 10.0 Å². The molecule has 0 fully saturated rings. The predicted molar refractivity (Wildman–Crippen MR) is 54.9 cm³/mol. The van der Waals surface area contributed by atoms with Gasteiger partial charge in [0.25, 0.3) is 0 Å². The van der Waals surface area contributed by atoms with Crippen LogP contribution in [-0.2, 0) is 0 Å². The van der Waals surface area contributed by atoms with Crippen LogP contribution in [-0.4, -0.2) is 12.9 Å². The molecule has 0 saturated heterocycles. The first-order valence-electron chi connectivity index (χ1n) is 3.52. The van der Waals surface area contributed by atoms with Gasteiger partial charge in [-0.2, -0.15) is 8.78 Å². The van der Waals surface area contributed by atoms with Crippen LogP contribution in [0.4, 0.5) is 8.78 Å². The lowest BCUT2D eigenvalue weighted by Crippen LogP contribution is -2.02. The van der Waals surface area contributed by atoms with Crippen molar-refractivity contribution in [3.8, 4) is 5.75 Å². The lowest BCUT2D eigenvalue weighted by Gasteiger charge is -2.09. The van der Waals surface area contributed by atoms with E-state index < -0.39 is 6.61 Å². The SMILES string of the molecule is CSc1cc(Cl)c(OC(F)F)c(Cl)c1. The summed E-state index contributed by atoms with van der Waals surface area (Å²) in [6, 6.07) is 3.05. The van der Waals surface area contributed by atoms with Crippen molar-refractivity contribution in [2.75, 3.05) is 6.26 Å². The van der Waals surface area contributed by atoms with E-state index in [9.17, 15) is 8.78 Å². The van der Waals surface area contributed by atoms with E-state index in [0.29, 0.717) is 0 Å². The monoisotopic (exact) mass is 258 g/mol. The third kappa shape index (κ3) is 2.90. The number of hydrogen-bond acceptors (Lipinski definition) is 2. The van der Waals surface area contributed by atoms with E-state index >= 15 is 0 Å². The fourth-order valence-electron chi connectivity index (χ4n) is 0.856. The van der Waals surface area contributed by atoms with Gasteiger partial charge in [0.15, 0.2) is 5.75 Å². The molecule has 1 rings (SSSR count). The molecule has 1 aromatic rings. The molecule has 1 aromatic carbocycles. The summed E-state index contributed by atoms with van der Waals surface area (Å²) in [5.74, 6) is -0.180. The van der Waals surface area contributed by atoms with Crippen LogP contribution >= 0.6 is 35.0 Å². The van der Waals surface area contributed by atoms with E-state index in [1.807, 2.05) is 6.26 Å². The zero-order valence-electron chi connectivity index (χ0n) is 7.06. The van der Waals surface area contributed by atoms with Crippen LogP contribution in [0.5, 0.6) is 5.75 Å². The molecule has 0 spiro atoms. The molecule has 0 aliphatic heterocycles. The van der Waals surface area contributed by atoms with Gasteiger partial charge in [-0.3, -0.25) is 0 Å². The van der Waals surface area contributed by atoms with E-state index in [-0.39, 0.29) is 15.8 Å². The van der Waals surface area contributed by atoms with E-state index in [2.05, 4.69) is 4.74 Å². The number of alkyl halides is 2. The second-order valence-corrected chi connectivity index (χ2v) is 3.99. The maximum atomic E-state index is 11.9. The van der Waals surface area contributed by atoms with Crippen LogP contribution in [0.3, 0.4) is 0 Å². The molecule has 0 unspecified atom stereocenters. The molecule has 0 saturated carbocycles. The molecule has 0 amide bonds. The zero-order valence-corrected chi connectivity index (χ0v) is 9.39. The van der Waals surface area contributed by atoms with Crippen LogP contribution in [0.25, 0.3) is 0 Å². The lowest BCUT2D eigenvalue weighted by atomic mass is 10.3. The average Bonchev–Trinajstić information content (AvgIpc) is 2.10. The Hall–Kier alpha value is -0.190. The molecular weight excluding hydrogens is 253 g/mol. The molecule has 0 aliphatic rings. The molecular formula is C8H6Cl2F2OS. The lowest BCUT2D eigenvalue weighted by molar-refractivity contribution is -0.0497. The minimum atomic E-state index is -2.93. The van der Waals surface area contributed by atoms with Gasteiger partial charge in [-0.15, -0.1) is 11.8 Å². The highest BCUT2D eigenvalue weighted by molar-refractivity contribution is 7.98. The Balaban J connectivity index is 3.05. The van der Waals surface area contributed by atoms with Crippen molar-refractivity contribution >= 4 is 35.0 Å². The summed E-state index contributed by atoms with van der Waals surface area (Å²) in [7, 11) is 0. The summed E-state index contributed by atoms with van der Waals surface area (Å²) in [6.45, 7) is -2.93. The minimum Gasteiger partial charge on any atom is -0.432 e. The van der Waals surface area contributed by atoms with Crippen LogP contribution in [0.2, 0.25) is 10.0 Å². The Morgan fingerprint density at radius 3 is 2.14 bits per heavy atom. The standard InChI is InChI=1S/C8H6Cl2F2OS/c1-14-4-2-5(9)7(6(10)3-4)13-8(11)12/h2-3,8H,1H3. The van der Waals surface area contributed by atoms with Crippen molar-refractivity contribution in [3.63, 3.8) is 0 Å². The summed E-state index contributed by atoms with van der Waals surface area (Å²) in [4.78, 5) is 0.793. The molecule has 1 nitrogen and oxygen atoms in total. The topological polar surface area (TPSA) is 9.23 Å². The van der Waals surface area contributed by atoms with Crippen molar-refractivity contribution < 1.29 is 13.5 Å². The Morgan fingerprint density at radius 1 is 1.29 bits per heavy atom. The second-order valence-electron chi connectivity index (χ2n) is 2.30. The summed E-state index contributed by atoms with van der Waals surface area (Å²) in [6.07, 6.45) is 1.83. The van der Waals surface area contributed by atoms with Gasteiger partial charge >= 0.3 is 6.61 Å². The third-order valence-electron chi connectivity index (χ3n) is 1.41. The molecule has 14 heavy (non-hydrogen) atoms. The quantitative estimate of drug-likeness (QED) is 0.747. The third-order valence-corrected chi connectivity index (χ3v) is 2.68. The molecule has 0 bridgehead atoms. The van der Waals surface area contributed by atoms with Crippen molar-refractivity contribution in [1.82, 2.24) is 0 Å². The second kappa shape index (κ2) is 5.05. The fraction of sp³-hybridized carbons (Fsp3) is 0.250. The maximum absolute atomic E-state index is 11.9. The Morgan fingerprint density at radius 2 is 1.79 bits per heavy atom. The molecule has 0 N–H and O–H groups in total. The van der Waals surface area contributed by atoms with E-state index in [1.165, 1.54) is 23.9 Å². The first-order valence-corrected chi connectivity index (χ1v) is 5.50. The highest BCUT2D eigenvalue weighted by Gasteiger charge is 2.13. The number of hydrogen-bond donors (Lipinski definition) is 0. The first-order chi connectivity index (χ1) is 6.54. The predicted octanol–water partition coefficient (Wildman–Crippen LogP) is 4.32. The van der Waals surface area contributed by atoms with Gasteiger partial charge in [0.1, 0.15) is 0 Å². The summed E-state index contributed by atoms with van der Waals surface area (Å²) < 4.78 is 28.0. The van der Waals surface area contributed by atoms with Crippen molar-refractivity contribution in [1.29, 1.82) is 0 Å². The van der Waals surface area contributed by atoms with E-state index in [0.717, 1.165) is 4.90 Å². The number of ether oxygens (including phenoxy) is 1. The summed E-state index contributed by atoms with van der Waals surface area (Å²) in [5.41, 5.74) is 0. The smallest absolute Gasteiger partial charge is 0.387 e. The fourth-order valence-corrected chi connectivity index (χ4v) is 2.03. The van der Waals surface area contributed by atoms with Crippen LogP contribution in [0.1, 0.15) is 0 Å². The number of halogens is 4. The Kier molecular flexibility index (Phi) is 4.29. The largest absolute Gasteiger partial charge is 0.432 e. The van der Waals surface area contributed by atoms with Gasteiger partial charge in [0, 0.05) is 4.90 Å². The van der Waals surface area contributed by atoms with Crippen LogP contribution in [0, 0.1) is 0 Å². The minimum absolute atomic E-state index is 0.0853. The number of benzene rings is 1. The highest BCUT2D eigenvalue weighted by atomic mass is 35.5. The van der Waals surface area contributed by atoms with Gasteiger partial charge in [-0.25, -0.2) is 0 Å². The zero-order chi connectivity index (χ0) is 10.7. The van der Waals surface area contributed by atoms with Gasteiger partial charge in [-0.05, 0) is 18.4 Å². The van der Waals surface area contributed by atoms with Crippen molar-refractivity contribution in [3.05, 3.63) is 22.2 Å². The number of rotatable bonds is 3. The average molecular weight is 259 g/mol. The van der Waals surface area contributed by atoms with Gasteiger partial charge < -0.3 is 4.74 Å². The summed E-state index contributed by atoms with van der Waals surface area (Å²) in [5, 5.41) is 0.171. The van der Waals surface area contributed by atoms with Gasteiger partial charge in [0.2, 0.25) is 0 Å². The van der Waals surface area contributed by atoms with E-state index in [1.54, 1.807) is 0 Å². The first kappa shape index (κ1) is 11.9. The normalized spacial score (nSPS) is 10.7. The molecule has 0 aliphatic carbocycles.